The minimum Gasteiger partial charge on any atom is -0.444 e. The number of fused-ring (bicyclic) bond motifs is 1. The highest BCUT2D eigenvalue weighted by Crippen LogP contribution is 2.38. The van der Waals surface area contributed by atoms with Crippen LogP contribution in [0.2, 0.25) is 18.1 Å². The van der Waals surface area contributed by atoms with Gasteiger partial charge in [-0.1, -0.05) is 89.2 Å². The summed E-state index contributed by atoms with van der Waals surface area (Å²) in [4.78, 5) is 57.4. The van der Waals surface area contributed by atoms with E-state index in [1.54, 1.807) is 9.80 Å². The molecular weight excluding hydrogens is 597 g/mol. The van der Waals surface area contributed by atoms with E-state index in [9.17, 15) is 19.2 Å². The number of likely N-dealkylation sites (tertiary alicyclic amines) is 1. The minimum atomic E-state index is -2.31. The quantitative estimate of drug-likeness (QED) is 0.255. The maximum absolute atomic E-state index is 14.2. The zero-order valence-electron chi connectivity index (χ0n) is 28.9. The van der Waals surface area contributed by atoms with Gasteiger partial charge in [0.25, 0.3) is 0 Å². The van der Waals surface area contributed by atoms with Crippen molar-refractivity contribution >= 4 is 31.9 Å². The van der Waals surface area contributed by atoms with Crippen LogP contribution >= 0.6 is 0 Å². The summed E-state index contributed by atoms with van der Waals surface area (Å²) in [6.45, 7) is 17.2. The predicted octanol–water partition coefficient (Wildman–Crippen LogP) is 6.60. The Morgan fingerprint density at radius 2 is 1.59 bits per heavy atom. The standard InChI is InChI=1S/C37H52N2O6Si/c1-25(2)31(22-33(41)34(20-27-14-10-9-11-15-27)45-46(7,8)37(4,5)6)35(42)39-24-30(21-32(39)26(3)40)44-36(43)38-19-18-28-16-12-13-17-29(28)23-38/h9-17,25,30-32,34H,18-24H2,1-8H3/t30-,31+,32+,34+/m1/s1. The molecule has 46 heavy (non-hydrogen) atoms. The van der Waals surface area contributed by atoms with Gasteiger partial charge in [-0.2, -0.15) is 0 Å². The minimum absolute atomic E-state index is 0.0153. The van der Waals surface area contributed by atoms with Gasteiger partial charge in [-0.05, 0) is 54.1 Å². The second-order valence-corrected chi connectivity index (χ2v) is 19.6. The molecule has 0 radical (unpaired) electrons. The van der Waals surface area contributed by atoms with Gasteiger partial charge in [0.2, 0.25) is 5.91 Å². The number of amides is 2. The van der Waals surface area contributed by atoms with Gasteiger partial charge in [-0.3, -0.25) is 14.4 Å². The molecular formula is C37H52N2O6Si. The number of carbonyl (C=O) groups excluding carboxylic acids is 4. The van der Waals surface area contributed by atoms with E-state index in [0.29, 0.717) is 19.5 Å². The lowest BCUT2D eigenvalue weighted by Gasteiger charge is -2.39. The van der Waals surface area contributed by atoms with E-state index in [4.69, 9.17) is 9.16 Å². The number of benzene rings is 2. The van der Waals surface area contributed by atoms with Crippen molar-refractivity contribution in [3.63, 3.8) is 0 Å². The summed E-state index contributed by atoms with van der Waals surface area (Å²) in [6, 6.07) is 17.2. The van der Waals surface area contributed by atoms with Crippen LogP contribution < -0.4 is 0 Å². The number of hydrogen-bond acceptors (Lipinski definition) is 6. The van der Waals surface area contributed by atoms with Gasteiger partial charge in [-0.15, -0.1) is 0 Å². The Kier molecular flexibility index (Phi) is 11.3. The van der Waals surface area contributed by atoms with Gasteiger partial charge >= 0.3 is 6.09 Å². The lowest BCUT2D eigenvalue weighted by atomic mass is 9.87. The van der Waals surface area contributed by atoms with Crippen LogP contribution in [-0.2, 0) is 42.9 Å². The third-order valence-electron chi connectivity index (χ3n) is 10.1. The fourth-order valence-corrected chi connectivity index (χ4v) is 7.41. The Bertz CT molecular complexity index is 1400. The molecule has 0 N–H and O–H groups in total. The Labute approximate surface area is 275 Å². The monoisotopic (exact) mass is 648 g/mol. The van der Waals surface area contributed by atoms with Crippen LogP contribution in [0.3, 0.4) is 0 Å². The van der Waals surface area contributed by atoms with Crippen molar-refractivity contribution in [3.8, 4) is 0 Å². The molecule has 2 aliphatic rings. The third-order valence-corrected chi connectivity index (χ3v) is 14.6. The Hall–Kier alpha value is -3.30. The van der Waals surface area contributed by atoms with Crippen molar-refractivity contribution in [1.82, 2.24) is 9.80 Å². The van der Waals surface area contributed by atoms with E-state index in [-0.39, 0.29) is 47.8 Å². The fourth-order valence-electron chi connectivity index (χ4n) is 6.13. The number of rotatable bonds is 11. The number of ether oxygens (including phenoxy) is 1. The lowest BCUT2D eigenvalue weighted by molar-refractivity contribution is -0.144. The number of carbonyl (C=O) groups is 4. The first-order chi connectivity index (χ1) is 21.6. The average Bonchev–Trinajstić information content (AvgIpc) is 3.42. The largest absolute Gasteiger partial charge is 0.444 e. The summed E-state index contributed by atoms with van der Waals surface area (Å²) in [6.07, 6.45) is -0.252. The molecule has 0 aromatic heterocycles. The molecule has 250 valence electrons. The fraction of sp³-hybridized carbons (Fsp3) is 0.568. The van der Waals surface area contributed by atoms with Gasteiger partial charge in [0.15, 0.2) is 19.9 Å². The molecule has 2 heterocycles. The van der Waals surface area contributed by atoms with Gasteiger partial charge in [-0.25, -0.2) is 4.79 Å². The molecule has 2 aromatic rings. The van der Waals surface area contributed by atoms with Crippen LogP contribution in [0, 0.1) is 11.8 Å². The van der Waals surface area contributed by atoms with Gasteiger partial charge in [0.1, 0.15) is 12.2 Å². The normalized spacial score (nSPS) is 19.8. The molecule has 0 unspecified atom stereocenters. The molecule has 0 bridgehead atoms. The lowest BCUT2D eigenvalue weighted by Crippen LogP contribution is -2.48. The van der Waals surface area contributed by atoms with Crippen LogP contribution in [-0.4, -0.2) is 73.0 Å². The van der Waals surface area contributed by atoms with Crippen molar-refractivity contribution < 1.29 is 28.3 Å². The van der Waals surface area contributed by atoms with E-state index in [0.717, 1.165) is 17.5 Å². The maximum atomic E-state index is 14.2. The summed E-state index contributed by atoms with van der Waals surface area (Å²) < 4.78 is 12.6. The van der Waals surface area contributed by atoms with Crippen molar-refractivity contribution in [3.05, 3.63) is 71.3 Å². The van der Waals surface area contributed by atoms with E-state index < -0.39 is 38.6 Å². The third kappa shape index (κ3) is 8.53. The van der Waals surface area contributed by atoms with Crippen LogP contribution in [0.1, 0.15) is 71.1 Å². The molecule has 2 aliphatic heterocycles. The molecule has 1 fully saturated rings. The molecule has 0 aliphatic carbocycles. The summed E-state index contributed by atoms with van der Waals surface area (Å²) in [7, 11) is -2.31. The first-order valence-electron chi connectivity index (χ1n) is 16.6. The highest BCUT2D eigenvalue weighted by Gasteiger charge is 2.45. The highest BCUT2D eigenvalue weighted by atomic mass is 28.4. The zero-order chi connectivity index (χ0) is 33.8. The van der Waals surface area contributed by atoms with Gasteiger partial charge in [0, 0.05) is 38.3 Å². The van der Waals surface area contributed by atoms with E-state index in [1.165, 1.54) is 12.5 Å². The molecule has 2 aromatic carbocycles. The Balaban J connectivity index is 1.48. The van der Waals surface area contributed by atoms with Gasteiger partial charge in [0.05, 0.1) is 12.6 Å². The predicted molar refractivity (Wildman–Crippen MR) is 182 cm³/mol. The SMILES string of the molecule is CC(=O)[C@@H]1C[C@@H](OC(=O)N2CCc3ccccc3C2)CN1C(=O)[C@@H](CC(=O)[C@H](Cc1ccccc1)O[Si](C)(C)C(C)(C)C)C(C)C. The van der Waals surface area contributed by atoms with Crippen molar-refractivity contribution in [1.29, 1.82) is 0 Å². The van der Waals surface area contributed by atoms with Crippen LogP contribution in [0.5, 0.6) is 0 Å². The molecule has 1 saturated heterocycles. The second kappa shape index (κ2) is 14.6. The maximum Gasteiger partial charge on any atom is 0.410 e. The van der Waals surface area contributed by atoms with Crippen molar-refractivity contribution in [2.45, 2.75) is 110 Å². The zero-order valence-corrected chi connectivity index (χ0v) is 29.9. The smallest absolute Gasteiger partial charge is 0.410 e. The molecule has 0 spiro atoms. The summed E-state index contributed by atoms with van der Waals surface area (Å²) in [5.41, 5.74) is 3.34. The average molecular weight is 649 g/mol. The molecule has 2 amide bonds. The van der Waals surface area contributed by atoms with E-state index >= 15 is 0 Å². The van der Waals surface area contributed by atoms with Crippen LogP contribution in [0.4, 0.5) is 4.79 Å². The Morgan fingerprint density at radius 3 is 2.20 bits per heavy atom. The summed E-state index contributed by atoms with van der Waals surface area (Å²) >= 11 is 0. The van der Waals surface area contributed by atoms with Crippen molar-refractivity contribution in [2.75, 3.05) is 13.1 Å². The van der Waals surface area contributed by atoms with Crippen LogP contribution in [0.25, 0.3) is 0 Å². The molecule has 0 saturated carbocycles. The molecule has 4 rings (SSSR count). The highest BCUT2D eigenvalue weighted by molar-refractivity contribution is 6.74. The first-order valence-corrected chi connectivity index (χ1v) is 19.6. The number of nitrogens with zero attached hydrogens (tertiary/aromatic N) is 2. The molecule has 4 atom stereocenters. The Morgan fingerprint density at radius 1 is 0.957 bits per heavy atom. The van der Waals surface area contributed by atoms with Crippen molar-refractivity contribution in [2.24, 2.45) is 11.8 Å². The topological polar surface area (TPSA) is 93.2 Å². The number of hydrogen-bond donors (Lipinski definition) is 0. The second-order valence-electron chi connectivity index (χ2n) is 14.9. The van der Waals surface area contributed by atoms with Gasteiger partial charge < -0.3 is 19.0 Å². The van der Waals surface area contributed by atoms with E-state index in [2.05, 4.69) is 39.9 Å². The summed E-state index contributed by atoms with van der Waals surface area (Å²) in [5, 5.41) is -0.0935. The molecule has 8 nitrogen and oxygen atoms in total. The number of Topliss-reactive ketones (excluding diaryl/α,β-unsaturated/α-hetero) is 2. The van der Waals surface area contributed by atoms with Crippen LogP contribution in [0.15, 0.2) is 54.6 Å². The summed E-state index contributed by atoms with van der Waals surface area (Å²) in [5.74, 6) is -1.30. The number of ketones is 2. The van der Waals surface area contributed by atoms with E-state index in [1.807, 2.05) is 62.4 Å². The first kappa shape index (κ1) is 35.5. The molecule has 9 heteroatoms.